The van der Waals surface area contributed by atoms with E-state index in [1.54, 1.807) is 6.07 Å². The topological polar surface area (TPSA) is 15.3 Å². The van der Waals surface area contributed by atoms with Crippen LogP contribution in [-0.2, 0) is 0 Å². The largest absolute Gasteiger partial charge is 0.314 e. The summed E-state index contributed by atoms with van der Waals surface area (Å²) < 4.78 is 14.2. The van der Waals surface area contributed by atoms with Gasteiger partial charge >= 0.3 is 0 Å². The van der Waals surface area contributed by atoms with Crippen LogP contribution in [0, 0.1) is 11.7 Å². The minimum Gasteiger partial charge on any atom is -0.314 e. The smallest absolute Gasteiger partial charge is 0.146 e. The zero-order valence-electron chi connectivity index (χ0n) is 11.8. The maximum Gasteiger partial charge on any atom is 0.146 e. The quantitative estimate of drug-likeness (QED) is 0.911. The van der Waals surface area contributed by atoms with Crippen LogP contribution in [0.4, 0.5) is 4.39 Å². The maximum absolute atomic E-state index is 14.2. The Hall–Kier alpha value is -0.640. The van der Waals surface area contributed by atoms with Crippen LogP contribution < -0.4 is 5.32 Å². The van der Waals surface area contributed by atoms with E-state index >= 15 is 0 Å². The number of hydrogen-bond acceptors (Lipinski definition) is 2. The lowest BCUT2D eigenvalue weighted by molar-refractivity contribution is 0.263. The molecule has 4 heteroatoms. The fourth-order valence-corrected chi connectivity index (χ4v) is 3.05. The van der Waals surface area contributed by atoms with Crippen LogP contribution >= 0.6 is 11.6 Å². The Morgan fingerprint density at radius 3 is 2.89 bits per heavy atom. The number of hydrogen-bond donors (Lipinski definition) is 1. The number of nitrogens with one attached hydrogen (secondary N) is 1. The van der Waals surface area contributed by atoms with Gasteiger partial charge in [0.05, 0.1) is 5.02 Å². The highest BCUT2D eigenvalue weighted by molar-refractivity contribution is 6.30. The number of likely N-dealkylation sites (tertiary alicyclic amines) is 1. The van der Waals surface area contributed by atoms with Crippen molar-refractivity contribution in [3.63, 3.8) is 0 Å². The Balaban J connectivity index is 2.21. The van der Waals surface area contributed by atoms with Gasteiger partial charge in [-0.1, -0.05) is 37.6 Å². The molecule has 1 aliphatic rings. The van der Waals surface area contributed by atoms with Gasteiger partial charge in [0.2, 0.25) is 0 Å². The molecule has 0 saturated carbocycles. The molecule has 1 fully saturated rings. The third-order valence-electron chi connectivity index (χ3n) is 3.86. The van der Waals surface area contributed by atoms with Crippen molar-refractivity contribution in [2.75, 3.05) is 20.1 Å². The molecule has 1 heterocycles. The van der Waals surface area contributed by atoms with E-state index in [1.165, 1.54) is 0 Å². The van der Waals surface area contributed by atoms with Crippen LogP contribution in [-0.4, -0.2) is 31.1 Å². The van der Waals surface area contributed by atoms with Gasteiger partial charge in [-0.2, -0.15) is 0 Å². The molecule has 0 spiro atoms. The number of halogens is 2. The molecule has 2 atom stereocenters. The second-order valence-electron chi connectivity index (χ2n) is 5.68. The molecule has 2 rings (SSSR count). The molecule has 1 aliphatic heterocycles. The predicted molar refractivity (Wildman–Crippen MR) is 78.0 cm³/mol. The molecule has 0 bridgehead atoms. The molecular weight excluding hydrogens is 263 g/mol. The first-order valence-corrected chi connectivity index (χ1v) is 7.26. The van der Waals surface area contributed by atoms with Crippen molar-refractivity contribution in [2.24, 2.45) is 5.92 Å². The van der Waals surface area contributed by atoms with Crippen molar-refractivity contribution < 1.29 is 4.39 Å². The molecule has 1 aromatic rings. The minimum absolute atomic E-state index is 0.116. The van der Waals surface area contributed by atoms with Gasteiger partial charge in [0.15, 0.2) is 0 Å². The standard InChI is InChI=1S/C15H22ClFN2/c1-10(2)18-9-11-7-8-19(3)15(11)12-5-4-6-13(16)14(12)17/h4-6,10-11,15,18H,7-9H2,1-3H3. The lowest BCUT2D eigenvalue weighted by Gasteiger charge is -2.27. The van der Waals surface area contributed by atoms with E-state index in [4.69, 9.17) is 11.6 Å². The summed E-state index contributed by atoms with van der Waals surface area (Å²) in [6, 6.07) is 5.87. The van der Waals surface area contributed by atoms with Gasteiger partial charge in [0.1, 0.15) is 5.82 Å². The molecule has 1 N–H and O–H groups in total. The molecule has 2 unspecified atom stereocenters. The molecule has 106 valence electrons. The fraction of sp³-hybridized carbons (Fsp3) is 0.600. The van der Waals surface area contributed by atoms with E-state index in [0.29, 0.717) is 12.0 Å². The van der Waals surface area contributed by atoms with E-state index in [2.05, 4.69) is 31.1 Å². The summed E-state index contributed by atoms with van der Waals surface area (Å²) in [5.41, 5.74) is 0.725. The van der Waals surface area contributed by atoms with Crippen LogP contribution in [0.15, 0.2) is 18.2 Å². The summed E-state index contributed by atoms with van der Waals surface area (Å²) in [7, 11) is 2.06. The summed E-state index contributed by atoms with van der Waals surface area (Å²) in [6.45, 7) is 6.18. The molecule has 1 saturated heterocycles. The lowest BCUT2D eigenvalue weighted by atomic mass is 9.93. The molecule has 0 radical (unpaired) electrons. The molecular formula is C15H22ClFN2. The maximum atomic E-state index is 14.2. The minimum atomic E-state index is -0.266. The molecule has 0 aliphatic carbocycles. The first kappa shape index (κ1) is 14.8. The zero-order valence-corrected chi connectivity index (χ0v) is 12.5. The fourth-order valence-electron chi connectivity index (χ4n) is 2.87. The van der Waals surface area contributed by atoms with E-state index in [0.717, 1.165) is 25.1 Å². The third-order valence-corrected chi connectivity index (χ3v) is 4.15. The SMILES string of the molecule is CC(C)NCC1CCN(C)C1c1cccc(Cl)c1F. The van der Waals surface area contributed by atoms with Gasteiger partial charge in [0, 0.05) is 24.2 Å². The van der Waals surface area contributed by atoms with Gasteiger partial charge in [-0.15, -0.1) is 0 Å². The molecule has 0 amide bonds. The summed E-state index contributed by atoms with van der Waals surface area (Å²) in [6.07, 6.45) is 1.09. The van der Waals surface area contributed by atoms with E-state index in [-0.39, 0.29) is 16.9 Å². The van der Waals surface area contributed by atoms with Crippen molar-refractivity contribution in [3.8, 4) is 0 Å². The second-order valence-corrected chi connectivity index (χ2v) is 6.09. The number of benzene rings is 1. The van der Waals surface area contributed by atoms with Crippen molar-refractivity contribution in [2.45, 2.75) is 32.4 Å². The average molecular weight is 285 g/mol. The van der Waals surface area contributed by atoms with Crippen molar-refractivity contribution in [1.82, 2.24) is 10.2 Å². The van der Waals surface area contributed by atoms with Crippen LogP contribution in [0.2, 0.25) is 5.02 Å². The first-order chi connectivity index (χ1) is 9.00. The average Bonchev–Trinajstić information content (AvgIpc) is 2.72. The Labute approximate surface area is 119 Å². The first-order valence-electron chi connectivity index (χ1n) is 6.88. The van der Waals surface area contributed by atoms with Crippen molar-refractivity contribution in [1.29, 1.82) is 0 Å². The number of rotatable bonds is 4. The van der Waals surface area contributed by atoms with E-state index in [1.807, 2.05) is 12.1 Å². The summed E-state index contributed by atoms with van der Waals surface area (Å²) in [4.78, 5) is 2.22. The molecule has 2 nitrogen and oxygen atoms in total. The van der Waals surface area contributed by atoms with E-state index in [9.17, 15) is 4.39 Å². The lowest BCUT2D eigenvalue weighted by Crippen LogP contribution is -2.32. The second kappa shape index (κ2) is 6.21. The highest BCUT2D eigenvalue weighted by atomic mass is 35.5. The van der Waals surface area contributed by atoms with Crippen molar-refractivity contribution in [3.05, 3.63) is 34.6 Å². The number of nitrogens with zero attached hydrogens (tertiary/aromatic N) is 1. The molecule has 19 heavy (non-hydrogen) atoms. The predicted octanol–water partition coefficient (Wildman–Crippen LogP) is 3.47. The highest BCUT2D eigenvalue weighted by Gasteiger charge is 2.34. The van der Waals surface area contributed by atoms with Gasteiger partial charge in [-0.05, 0) is 32.0 Å². The Morgan fingerprint density at radius 1 is 1.47 bits per heavy atom. The summed E-state index contributed by atoms with van der Waals surface area (Å²) in [5, 5.41) is 3.68. The van der Waals surface area contributed by atoms with Crippen LogP contribution in [0.1, 0.15) is 31.9 Å². The van der Waals surface area contributed by atoms with Crippen LogP contribution in [0.25, 0.3) is 0 Å². The van der Waals surface area contributed by atoms with Gasteiger partial charge in [0.25, 0.3) is 0 Å². The van der Waals surface area contributed by atoms with Gasteiger partial charge in [-0.3, -0.25) is 4.90 Å². The monoisotopic (exact) mass is 284 g/mol. The zero-order chi connectivity index (χ0) is 14.0. The third kappa shape index (κ3) is 3.28. The Bertz CT molecular complexity index is 436. The molecule has 0 aromatic heterocycles. The van der Waals surface area contributed by atoms with Crippen LogP contribution in [0.5, 0.6) is 0 Å². The Morgan fingerprint density at radius 2 is 2.21 bits per heavy atom. The van der Waals surface area contributed by atoms with Crippen LogP contribution in [0.3, 0.4) is 0 Å². The summed E-state index contributed by atoms with van der Waals surface area (Å²) in [5.74, 6) is 0.165. The van der Waals surface area contributed by atoms with E-state index < -0.39 is 0 Å². The highest BCUT2D eigenvalue weighted by Crippen LogP contribution is 2.38. The molecule has 1 aromatic carbocycles. The normalized spacial score (nSPS) is 24.3. The van der Waals surface area contributed by atoms with Gasteiger partial charge < -0.3 is 5.32 Å². The Kier molecular flexibility index (Phi) is 4.82. The van der Waals surface area contributed by atoms with Crippen molar-refractivity contribution >= 4 is 11.6 Å². The van der Waals surface area contributed by atoms with Gasteiger partial charge in [-0.25, -0.2) is 4.39 Å². The summed E-state index contributed by atoms with van der Waals surface area (Å²) >= 11 is 5.91.